The lowest BCUT2D eigenvalue weighted by atomic mass is 10.2. The van der Waals surface area contributed by atoms with Crippen LogP contribution in [0.1, 0.15) is 29.0 Å². The van der Waals surface area contributed by atoms with Crippen molar-refractivity contribution in [3.05, 3.63) is 29.6 Å². The zero-order chi connectivity index (χ0) is 13.4. The molecule has 0 spiro atoms. The Balaban J connectivity index is 1.97. The number of benzene rings is 1. The molecule has 0 radical (unpaired) electrons. The second-order valence-corrected chi connectivity index (χ2v) is 5.08. The van der Waals surface area contributed by atoms with Crippen molar-refractivity contribution in [2.75, 3.05) is 13.1 Å². The fraction of sp³-hybridized carbons (Fsp3) is 0.429. The van der Waals surface area contributed by atoms with Crippen LogP contribution in [-0.2, 0) is 13.6 Å². The summed E-state index contributed by atoms with van der Waals surface area (Å²) < 4.78 is 2.00. The van der Waals surface area contributed by atoms with Gasteiger partial charge < -0.3 is 9.67 Å². The Bertz CT molecular complexity index is 627. The van der Waals surface area contributed by atoms with Crippen LogP contribution < -0.4 is 0 Å². The molecule has 0 unspecified atom stereocenters. The van der Waals surface area contributed by atoms with Crippen molar-refractivity contribution in [3.8, 4) is 0 Å². The van der Waals surface area contributed by atoms with Crippen molar-refractivity contribution in [3.63, 3.8) is 0 Å². The number of nitrogens with zero attached hydrogens (tertiary/aromatic N) is 3. The molecule has 1 fully saturated rings. The molecule has 19 heavy (non-hydrogen) atoms. The van der Waals surface area contributed by atoms with Gasteiger partial charge in [0.05, 0.1) is 23.1 Å². The highest BCUT2D eigenvalue weighted by Gasteiger charge is 2.16. The third-order valence-corrected chi connectivity index (χ3v) is 3.78. The minimum atomic E-state index is -0.899. The Kier molecular flexibility index (Phi) is 2.98. The Morgan fingerprint density at radius 3 is 2.79 bits per heavy atom. The zero-order valence-electron chi connectivity index (χ0n) is 11.0. The molecule has 1 saturated heterocycles. The van der Waals surface area contributed by atoms with Crippen LogP contribution in [0.25, 0.3) is 11.0 Å². The summed E-state index contributed by atoms with van der Waals surface area (Å²) in [5, 5.41) is 9.03. The van der Waals surface area contributed by atoms with Crippen molar-refractivity contribution in [2.45, 2.75) is 19.4 Å². The molecule has 2 aromatic rings. The van der Waals surface area contributed by atoms with E-state index >= 15 is 0 Å². The fourth-order valence-corrected chi connectivity index (χ4v) is 2.65. The molecular formula is C14H17N3O2. The highest BCUT2D eigenvalue weighted by atomic mass is 16.4. The predicted molar refractivity (Wildman–Crippen MR) is 72.2 cm³/mol. The predicted octanol–water partition coefficient (Wildman–Crippen LogP) is 1.87. The first kappa shape index (κ1) is 12.2. The first-order valence-electron chi connectivity index (χ1n) is 6.56. The smallest absolute Gasteiger partial charge is 0.335 e. The van der Waals surface area contributed by atoms with E-state index in [0.717, 1.165) is 36.5 Å². The third-order valence-electron chi connectivity index (χ3n) is 3.78. The molecule has 100 valence electrons. The number of imidazole rings is 1. The molecular weight excluding hydrogens is 242 g/mol. The number of aromatic carboxylic acids is 1. The lowest BCUT2D eigenvalue weighted by Crippen LogP contribution is -2.20. The van der Waals surface area contributed by atoms with E-state index in [1.165, 1.54) is 12.8 Å². The molecule has 0 saturated carbocycles. The maximum Gasteiger partial charge on any atom is 0.335 e. The van der Waals surface area contributed by atoms with Gasteiger partial charge in [0.15, 0.2) is 0 Å². The lowest BCUT2D eigenvalue weighted by molar-refractivity contribution is 0.0697. The molecule has 5 nitrogen and oxygen atoms in total. The Labute approximate surface area is 111 Å². The molecule has 0 bridgehead atoms. The zero-order valence-corrected chi connectivity index (χ0v) is 11.0. The van der Waals surface area contributed by atoms with Crippen molar-refractivity contribution >= 4 is 17.0 Å². The summed E-state index contributed by atoms with van der Waals surface area (Å²) in [6.07, 6.45) is 2.51. The molecule has 1 N–H and O–H groups in total. The Morgan fingerprint density at radius 2 is 2.11 bits per heavy atom. The number of fused-ring (bicyclic) bond motifs is 1. The van der Waals surface area contributed by atoms with Crippen LogP contribution in [0.15, 0.2) is 18.2 Å². The van der Waals surface area contributed by atoms with Crippen LogP contribution in [0.4, 0.5) is 0 Å². The Hall–Kier alpha value is -1.88. The van der Waals surface area contributed by atoms with E-state index in [2.05, 4.69) is 9.88 Å². The van der Waals surface area contributed by atoms with Gasteiger partial charge in [0.2, 0.25) is 0 Å². The van der Waals surface area contributed by atoms with Crippen LogP contribution in [0.5, 0.6) is 0 Å². The largest absolute Gasteiger partial charge is 0.478 e. The van der Waals surface area contributed by atoms with Gasteiger partial charge >= 0.3 is 5.97 Å². The van der Waals surface area contributed by atoms with Gasteiger partial charge in [-0.15, -0.1) is 0 Å². The Morgan fingerprint density at radius 1 is 1.37 bits per heavy atom. The van der Waals surface area contributed by atoms with Crippen LogP contribution in [0, 0.1) is 0 Å². The van der Waals surface area contributed by atoms with Gasteiger partial charge in [-0.2, -0.15) is 0 Å². The summed E-state index contributed by atoms with van der Waals surface area (Å²) >= 11 is 0. The summed E-state index contributed by atoms with van der Waals surface area (Å²) in [6.45, 7) is 3.10. The molecule has 5 heteroatoms. The van der Waals surface area contributed by atoms with Crippen molar-refractivity contribution in [1.29, 1.82) is 0 Å². The van der Waals surface area contributed by atoms with Crippen molar-refractivity contribution < 1.29 is 9.90 Å². The number of aromatic nitrogens is 2. The topological polar surface area (TPSA) is 58.4 Å². The summed E-state index contributed by atoms with van der Waals surface area (Å²) in [4.78, 5) is 18.0. The third kappa shape index (κ3) is 2.21. The standard InChI is InChI=1S/C14H17N3O2/c1-16-12-8-10(14(18)19)4-5-11(12)15-13(16)9-17-6-2-3-7-17/h4-5,8H,2-3,6-7,9H2,1H3,(H,18,19). The van der Waals surface area contributed by atoms with Gasteiger partial charge in [-0.25, -0.2) is 9.78 Å². The average Bonchev–Trinajstić information content (AvgIpc) is 2.99. The van der Waals surface area contributed by atoms with E-state index in [9.17, 15) is 4.79 Å². The summed E-state index contributed by atoms with van der Waals surface area (Å²) in [6, 6.07) is 5.09. The molecule has 0 aliphatic carbocycles. The highest BCUT2D eigenvalue weighted by molar-refractivity contribution is 5.92. The van der Waals surface area contributed by atoms with Crippen LogP contribution >= 0.6 is 0 Å². The maximum absolute atomic E-state index is 11.0. The van der Waals surface area contributed by atoms with E-state index in [4.69, 9.17) is 5.11 Å². The van der Waals surface area contributed by atoms with Gasteiger partial charge in [0.1, 0.15) is 5.82 Å². The van der Waals surface area contributed by atoms with Crippen LogP contribution in [0.2, 0.25) is 0 Å². The minimum Gasteiger partial charge on any atom is -0.478 e. The van der Waals surface area contributed by atoms with E-state index in [1.807, 2.05) is 11.6 Å². The van der Waals surface area contributed by atoms with Gasteiger partial charge in [-0.05, 0) is 44.1 Å². The van der Waals surface area contributed by atoms with Crippen molar-refractivity contribution in [1.82, 2.24) is 14.5 Å². The van der Waals surface area contributed by atoms with Gasteiger partial charge in [-0.3, -0.25) is 4.90 Å². The van der Waals surface area contributed by atoms with Crippen molar-refractivity contribution in [2.24, 2.45) is 7.05 Å². The first-order chi connectivity index (χ1) is 9.15. The number of carboxylic acid groups (broad SMARTS) is 1. The normalized spacial score (nSPS) is 16.3. The van der Waals surface area contributed by atoms with E-state index in [-0.39, 0.29) is 0 Å². The molecule has 1 aromatic heterocycles. The second kappa shape index (κ2) is 4.66. The number of rotatable bonds is 3. The second-order valence-electron chi connectivity index (χ2n) is 5.08. The van der Waals surface area contributed by atoms with Gasteiger partial charge in [-0.1, -0.05) is 0 Å². The molecule has 1 aromatic carbocycles. The summed E-state index contributed by atoms with van der Waals surface area (Å²) in [5.41, 5.74) is 2.05. The molecule has 0 atom stereocenters. The number of carbonyl (C=O) groups is 1. The molecule has 1 aliphatic rings. The quantitative estimate of drug-likeness (QED) is 0.914. The fourth-order valence-electron chi connectivity index (χ4n) is 2.65. The summed E-state index contributed by atoms with van der Waals surface area (Å²) in [7, 11) is 1.95. The van der Waals surface area contributed by atoms with Gasteiger partial charge in [0, 0.05) is 7.05 Å². The highest BCUT2D eigenvalue weighted by Crippen LogP contribution is 2.19. The summed E-state index contributed by atoms with van der Waals surface area (Å²) in [5.74, 6) is 0.101. The monoisotopic (exact) mass is 259 g/mol. The van der Waals surface area contributed by atoms with E-state index in [0.29, 0.717) is 5.56 Å². The SMILES string of the molecule is Cn1c(CN2CCCC2)nc2ccc(C(=O)O)cc21. The number of likely N-dealkylation sites (tertiary alicyclic amines) is 1. The van der Waals surface area contributed by atoms with Crippen LogP contribution in [0.3, 0.4) is 0 Å². The number of carboxylic acids is 1. The average molecular weight is 259 g/mol. The molecule has 2 heterocycles. The minimum absolute atomic E-state index is 0.309. The van der Waals surface area contributed by atoms with E-state index < -0.39 is 5.97 Å². The lowest BCUT2D eigenvalue weighted by Gasteiger charge is -2.13. The number of aryl methyl sites for hydroxylation is 1. The molecule has 0 amide bonds. The van der Waals surface area contributed by atoms with Crippen LogP contribution in [-0.4, -0.2) is 38.6 Å². The maximum atomic E-state index is 11.0. The number of hydrogen-bond acceptors (Lipinski definition) is 3. The van der Waals surface area contributed by atoms with E-state index in [1.54, 1.807) is 18.2 Å². The molecule has 3 rings (SSSR count). The number of hydrogen-bond donors (Lipinski definition) is 1. The first-order valence-corrected chi connectivity index (χ1v) is 6.56. The van der Waals surface area contributed by atoms with Gasteiger partial charge in [0.25, 0.3) is 0 Å². The molecule has 1 aliphatic heterocycles.